The van der Waals surface area contributed by atoms with Crippen LogP contribution in [0.15, 0.2) is 18.5 Å². The van der Waals surface area contributed by atoms with Crippen molar-refractivity contribution >= 4 is 16.9 Å². The predicted molar refractivity (Wildman–Crippen MR) is 107 cm³/mol. The third-order valence-electron chi connectivity index (χ3n) is 7.86. The van der Waals surface area contributed by atoms with Gasteiger partial charge in [-0.25, -0.2) is 18.2 Å². The van der Waals surface area contributed by atoms with Gasteiger partial charge in [-0.1, -0.05) is 6.92 Å². The van der Waals surface area contributed by atoms with E-state index in [0.717, 1.165) is 18.9 Å². The van der Waals surface area contributed by atoms with E-state index in [4.69, 9.17) is 0 Å². The number of imidazole rings is 1. The molecule has 1 heterocycles. The Balaban J connectivity index is 1.19. The summed E-state index contributed by atoms with van der Waals surface area (Å²) in [4.78, 5) is 17.0. The summed E-state index contributed by atoms with van der Waals surface area (Å²) in [6.45, 7) is 3.64. The van der Waals surface area contributed by atoms with E-state index in [1.165, 1.54) is 6.07 Å². The van der Waals surface area contributed by atoms with E-state index in [-0.39, 0.29) is 23.9 Å². The van der Waals surface area contributed by atoms with Gasteiger partial charge in [0.1, 0.15) is 5.67 Å². The van der Waals surface area contributed by atoms with Gasteiger partial charge >= 0.3 is 0 Å². The monoisotopic (exact) mass is 419 g/mol. The zero-order valence-electron chi connectivity index (χ0n) is 17.4. The zero-order valence-corrected chi connectivity index (χ0v) is 17.4. The van der Waals surface area contributed by atoms with E-state index >= 15 is 0 Å². The molecule has 5 rings (SSSR count). The molecule has 1 aromatic carbocycles. The molecule has 0 spiro atoms. The molecule has 3 unspecified atom stereocenters. The lowest BCUT2D eigenvalue weighted by Crippen LogP contribution is -2.43. The molecule has 2 aromatic rings. The number of hydrogen-bond acceptors (Lipinski definition) is 2. The molecule has 7 heteroatoms. The Morgan fingerprint density at radius 2 is 1.83 bits per heavy atom. The topological polar surface area (TPSA) is 46.9 Å². The Labute approximate surface area is 174 Å². The standard InChI is InChI=1S/C23H28F3N3O/c1-12(22(30)28-13-3-5-23(2,26)6-4-13)21-15-7-14(8-16(15)21)29-11-27-19-9-17(24)18(25)10-20(19)29/h9-16,21H,3-8H2,1-2H3,(H,28,30)/t12?,13?,14?,15-,16+,21?,23?. The van der Waals surface area contributed by atoms with Crippen LogP contribution in [0.2, 0.25) is 0 Å². The number of amides is 1. The van der Waals surface area contributed by atoms with Crippen LogP contribution in [-0.4, -0.2) is 27.2 Å². The second-order valence-electron chi connectivity index (χ2n) is 9.92. The van der Waals surface area contributed by atoms with Crippen molar-refractivity contribution in [3.8, 4) is 0 Å². The van der Waals surface area contributed by atoms with Gasteiger partial charge in [-0.15, -0.1) is 0 Å². The lowest BCUT2D eigenvalue weighted by molar-refractivity contribution is -0.126. The predicted octanol–water partition coefficient (Wildman–Crippen LogP) is 4.93. The Hall–Kier alpha value is -2.05. The number of aromatic nitrogens is 2. The fourth-order valence-electron chi connectivity index (χ4n) is 6.02. The van der Waals surface area contributed by atoms with E-state index in [1.807, 2.05) is 11.5 Å². The third kappa shape index (κ3) is 3.40. The van der Waals surface area contributed by atoms with Crippen LogP contribution in [0.25, 0.3) is 11.0 Å². The molecule has 0 aliphatic heterocycles. The summed E-state index contributed by atoms with van der Waals surface area (Å²) in [7, 11) is 0. The highest BCUT2D eigenvalue weighted by atomic mass is 19.2. The molecule has 162 valence electrons. The minimum atomic E-state index is -1.10. The molecular formula is C23H28F3N3O. The van der Waals surface area contributed by atoms with E-state index in [0.29, 0.717) is 54.5 Å². The maximum Gasteiger partial charge on any atom is 0.223 e. The molecule has 1 aromatic heterocycles. The first kappa shape index (κ1) is 19.9. The first-order valence-electron chi connectivity index (χ1n) is 11.0. The summed E-state index contributed by atoms with van der Waals surface area (Å²) in [6, 6.07) is 2.66. The van der Waals surface area contributed by atoms with Gasteiger partial charge in [-0.05, 0) is 63.2 Å². The number of nitrogens with one attached hydrogen (secondary N) is 1. The van der Waals surface area contributed by atoms with Crippen molar-refractivity contribution in [1.82, 2.24) is 14.9 Å². The van der Waals surface area contributed by atoms with Gasteiger partial charge in [0.2, 0.25) is 5.91 Å². The highest BCUT2D eigenvalue weighted by Crippen LogP contribution is 2.64. The fourth-order valence-corrected chi connectivity index (χ4v) is 6.02. The van der Waals surface area contributed by atoms with Crippen LogP contribution in [-0.2, 0) is 4.79 Å². The number of alkyl halides is 1. The third-order valence-corrected chi connectivity index (χ3v) is 7.86. The zero-order chi connectivity index (χ0) is 21.2. The molecule has 3 aliphatic carbocycles. The minimum absolute atomic E-state index is 0.0503. The number of nitrogens with zero attached hydrogens (tertiary/aromatic N) is 2. The van der Waals surface area contributed by atoms with E-state index < -0.39 is 17.3 Å². The first-order chi connectivity index (χ1) is 14.2. The van der Waals surface area contributed by atoms with E-state index in [1.54, 1.807) is 13.3 Å². The summed E-state index contributed by atoms with van der Waals surface area (Å²) < 4.78 is 43.1. The lowest BCUT2D eigenvalue weighted by atomic mass is 9.84. The number of benzene rings is 1. The van der Waals surface area contributed by atoms with Crippen LogP contribution in [0.1, 0.15) is 58.4 Å². The molecule has 0 bridgehead atoms. The van der Waals surface area contributed by atoms with Gasteiger partial charge in [-0.3, -0.25) is 4.79 Å². The van der Waals surface area contributed by atoms with Crippen LogP contribution < -0.4 is 5.32 Å². The quantitative estimate of drug-likeness (QED) is 0.764. The maximum atomic E-state index is 14.0. The van der Waals surface area contributed by atoms with Gasteiger partial charge in [-0.2, -0.15) is 0 Å². The summed E-state index contributed by atoms with van der Waals surface area (Å²) in [6.07, 6.45) is 5.96. The molecule has 1 N–H and O–H groups in total. The van der Waals surface area contributed by atoms with E-state index in [2.05, 4.69) is 10.3 Å². The summed E-state index contributed by atoms with van der Waals surface area (Å²) in [5.41, 5.74) is -0.00278. The maximum absolute atomic E-state index is 14.0. The number of carbonyl (C=O) groups is 1. The molecule has 3 aliphatic rings. The van der Waals surface area contributed by atoms with E-state index in [9.17, 15) is 18.0 Å². The average Bonchev–Trinajstić information content (AvgIpc) is 3.01. The highest BCUT2D eigenvalue weighted by molar-refractivity contribution is 5.79. The number of fused-ring (bicyclic) bond motifs is 2. The Morgan fingerprint density at radius 1 is 1.20 bits per heavy atom. The molecule has 30 heavy (non-hydrogen) atoms. The molecule has 4 nitrogen and oxygen atoms in total. The second-order valence-corrected chi connectivity index (χ2v) is 9.92. The van der Waals surface area contributed by atoms with Crippen molar-refractivity contribution in [2.75, 3.05) is 0 Å². The van der Waals surface area contributed by atoms with Gasteiger partial charge < -0.3 is 9.88 Å². The van der Waals surface area contributed by atoms with Gasteiger partial charge in [0, 0.05) is 30.1 Å². The smallest absolute Gasteiger partial charge is 0.223 e. The normalized spacial score (nSPS) is 36.5. The Kier molecular flexibility index (Phi) is 4.63. The molecule has 3 saturated carbocycles. The first-order valence-corrected chi connectivity index (χ1v) is 11.0. The van der Waals surface area contributed by atoms with Crippen molar-refractivity contribution < 1.29 is 18.0 Å². The molecule has 3 fully saturated rings. The van der Waals surface area contributed by atoms with Gasteiger partial charge in [0.05, 0.1) is 17.4 Å². The van der Waals surface area contributed by atoms with Crippen molar-refractivity contribution in [1.29, 1.82) is 0 Å². The van der Waals surface area contributed by atoms with Crippen LogP contribution >= 0.6 is 0 Å². The largest absolute Gasteiger partial charge is 0.353 e. The molecule has 0 saturated heterocycles. The van der Waals surface area contributed by atoms with Crippen LogP contribution in [0.5, 0.6) is 0 Å². The molecular weight excluding hydrogens is 391 g/mol. The van der Waals surface area contributed by atoms with Crippen molar-refractivity contribution in [3.05, 3.63) is 30.1 Å². The molecule has 0 radical (unpaired) electrons. The summed E-state index contributed by atoms with van der Waals surface area (Å²) >= 11 is 0. The van der Waals surface area contributed by atoms with Crippen LogP contribution in [0, 0.1) is 35.3 Å². The van der Waals surface area contributed by atoms with Crippen molar-refractivity contribution in [2.45, 2.75) is 70.1 Å². The minimum Gasteiger partial charge on any atom is -0.353 e. The average molecular weight is 419 g/mol. The highest BCUT2D eigenvalue weighted by Gasteiger charge is 2.59. The summed E-state index contributed by atoms with van der Waals surface area (Å²) in [5.74, 6) is -0.352. The van der Waals surface area contributed by atoms with Gasteiger partial charge in [0.15, 0.2) is 11.6 Å². The second kappa shape index (κ2) is 6.99. The number of halogens is 3. The SMILES string of the molecule is CC(C(=O)NC1CCC(C)(F)CC1)C1[C@H]2CC(n3cnc4cc(F)c(F)cc43)C[C@@H]12. The van der Waals surface area contributed by atoms with Crippen molar-refractivity contribution in [3.63, 3.8) is 0 Å². The lowest BCUT2D eigenvalue weighted by Gasteiger charge is -2.32. The van der Waals surface area contributed by atoms with Crippen molar-refractivity contribution in [2.24, 2.45) is 23.7 Å². The Morgan fingerprint density at radius 3 is 2.50 bits per heavy atom. The van der Waals surface area contributed by atoms with Gasteiger partial charge in [0.25, 0.3) is 0 Å². The fraction of sp³-hybridized carbons (Fsp3) is 0.652. The number of carbonyl (C=O) groups excluding carboxylic acids is 1. The Bertz CT molecular complexity index is 965. The van der Waals surface area contributed by atoms with Crippen LogP contribution in [0.3, 0.4) is 0 Å². The number of rotatable bonds is 4. The van der Waals surface area contributed by atoms with Crippen LogP contribution in [0.4, 0.5) is 13.2 Å². The molecule has 5 atom stereocenters. The summed E-state index contributed by atoms with van der Waals surface area (Å²) in [5, 5.41) is 3.14. The number of hydrogen-bond donors (Lipinski definition) is 1. The molecule has 1 amide bonds.